The molecule has 0 atom stereocenters. The molecule has 3 rings (SSSR count). The van der Waals surface area contributed by atoms with E-state index in [1.165, 1.54) is 0 Å². The SMILES string of the molecule is c1nc(NC2CNC2)cc(-c2ccsc2)n1. The fourth-order valence-corrected chi connectivity index (χ4v) is 2.25. The largest absolute Gasteiger partial charge is 0.365 e. The molecule has 0 spiro atoms. The van der Waals surface area contributed by atoms with Crippen molar-refractivity contribution in [3.63, 3.8) is 0 Å². The van der Waals surface area contributed by atoms with Crippen LogP contribution >= 0.6 is 11.3 Å². The van der Waals surface area contributed by atoms with Crippen LogP contribution in [0.4, 0.5) is 5.82 Å². The Morgan fingerprint density at radius 3 is 3.00 bits per heavy atom. The van der Waals surface area contributed by atoms with Gasteiger partial charge in [-0.15, -0.1) is 0 Å². The summed E-state index contributed by atoms with van der Waals surface area (Å²) in [7, 11) is 0. The molecular formula is C11H12N4S. The van der Waals surface area contributed by atoms with Crippen molar-refractivity contribution in [1.29, 1.82) is 0 Å². The second kappa shape index (κ2) is 4.19. The van der Waals surface area contributed by atoms with Gasteiger partial charge in [0.05, 0.1) is 11.7 Å². The highest BCUT2D eigenvalue weighted by molar-refractivity contribution is 7.08. The molecule has 82 valence electrons. The van der Waals surface area contributed by atoms with Gasteiger partial charge in [-0.25, -0.2) is 9.97 Å². The third kappa shape index (κ3) is 1.91. The highest BCUT2D eigenvalue weighted by Crippen LogP contribution is 2.21. The van der Waals surface area contributed by atoms with Gasteiger partial charge in [0.25, 0.3) is 0 Å². The van der Waals surface area contributed by atoms with Crippen LogP contribution in [0.2, 0.25) is 0 Å². The Bertz CT molecular complexity index is 465. The lowest BCUT2D eigenvalue weighted by Crippen LogP contribution is -2.51. The van der Waals surface area contributed by atoms with Crippen LogP contribution in [0.25, 0.3) is 11.3 Å². The zero-order chi connectivity index (χ0) is 10.8. The van der Waals surface area contributed by atoms with Gasteiger partial charge in [0.2, 0.25) is 0 Å². The Balaban J connectivity index is 1.82. The first-order valence-electron chi connectivity index (χ1n) is 5.24. The monoisotopic (exact) mass is 232 g/mol. The third-order valence-corrected chi connectivity index (χ3v) is 3.30. The second-order valence-corrected chi connectivity index (χ2v) is 4.58. The highest BCUT2D eigenvalue weighted by atomic mass is 32.1. The number of hydrogen-bond acceptors (Lipinski definition) is 5. The summed E-state index contributed by atoms with van der Waals surface area (Å²) in [6.07, 6.45) is 1.61. The molecule has 16 heavy (non-hydrogen) atoms. The van der Waals surface area contributed by atoms with E-state index in [4.69, 9.17) is 0 Å². The van der Waals surface area contributed by atoms with Crippen molar-refractivity contribution in [2.75, 3.05) is 18.4 Å². The first-order chi connectivity index (χ1) is 7.92. The van der Waals surface area contributed by atoms with E-state index in [-0.39, 0.29) is 0 Å². The standard InChI is InChI=1S/C11H12N4S/c1-2-16-6-8(1)10-3-11(14-7-13-10)15-9-4-12-5-9/h1-3,6-7,9,12H,4-5H2,(H,13,14,15). The Morgan fingerprint density at radius 1 is 1.38 bits per heavy atom. The average Bonchev–Trinajstić information content (AvgIpc) is 2.77. The van der Waals surface area contributed by atoms with Crippen LogP contribution in [-0.4, -0.2) is 29.1 Å². The number of nitrogens with zero attached hydrogens (tertiary/aromatic N) is 2. The Labute approximate surface area is 97.8 Å². The van der Waals surface area contributed by atoms with Crippen LogP contribution in [0.15, 0.2) is 29.2 Å². The summed E-state index contributed by atoms with van der Waals surface area (Å²) in [6, 6.07) is 4.58. The molecule has 0 aliphatic carbocycles. The minimum Gasteiger partial charge on any atom is -0.365 e. The first kappa shape index (κ1) is 9.74. The minimum atomic E-state index is 0.505. The van der Waals surface area contributed by atoms with Crippen LogP contribution < -0.4 is 10.6 Å². The van der Waals surface area contributed by atoms with E-state index < -0.39 is 0 Å². The fourth-order valence-electron chi connectivity index (χ4n) is 1.60. The minimum absolute atomic E-state index is 0.505. The molecule has 1 aliphatic rings. The number of anilines is 1. The van der Waals surface area contributed by atoms with E-state index in [9.17, 15) is 0 Å². The van der Waals surface area contributed by atoms with Crippen molar-refractivity contribution in [3.05, 3.63) is 29.2 Å². The third-order valence-electron chi connectivity index (χ3n) is 2.62. The molecule has 0 unspecified atom stereocenters. The zero-order valence-electron chi connectivity index (χ0n) is 8.68. The molecule has 1 saturated heterocycles. The zero-order valence-corrected chi connectivity index (χ0v) is 9.50. The van der Waals surface area contributed by atoms with E-state index in [0.29, 0.717) is 6.04 Å². The quantitative estimate of drug-likeness (QED) is 0.843. The summed E-state index contributed by atoms with van der Waals surface area (Å²) >= 11 is 1.68. The van der Waals surface area contributed by atoms with Gasteiger partial charge in [-0.1, -0.05) is 0 Å². The van der Waals surface area contributed by atoms with E-state index >= 15 is 0 Å². The molecule has 2 aromatic rings. The maximum absolute atomic E-state index is 4.27. The van der Waals surface area contributed by atoms with Crippen molar-refractivity contribution >= 4 is 17.2 Å². The molecule has 0 radical (unpaired) electrons. The summed E-state index contributed by atoms with van der Waals surface area (Å²) < 4.78 is 0. The summed E-state index contributed by atoms with van der Waals surface area (Å²) in [5.41, 5.74) is 2.13. The van der Waals surface area contributed by atoms with Crippen LogP contribution in [0.1, 0.15) is 0 Å². The lowest BCUT2D eigenvalue weighted by atomic mass is 10.2. The molecule has 5 heteroatoms. The van der Waals surface area contributed by atoms with Gasteiger partial charge in [0, 0.05) is 30.1 Å². The molecule has 2 aromatic heterocycles. The van der Waals surface area contributed by atoms with Crippen LogP contribution in [0, 0.1) is 0 Å². The molecule has 0 bridgehead atoms. The van der Waals surface area contributed by atoms with Gasteiger partial charge >= 0.3 is 0 Å². The van der Waals surface area contributed by atoms with Crippen molar-refractivity contribution in [2.45, 2.75) is 6.04 Å². The van der Waals surface area contributed by atoms with Crippen molar-refractivity contribution in [2.24, 2.45) is 0 Å². The van der Waals surface area contributed by atoms with Crippen LogP contribution in [0.3, 0.4) is 0 Å². The van der Waals surface area contributed by atoms with Crippen LogP contribution in [0.5, 0.6) is 0 Å². The Hall–Kier alpha value is -1.46. The molecule has 2 N–H and O–H groups in total. The number of aromatic nitrogens is 2. The molecule has 1 fully saturated rings. The van der Waals surface area contributed by atoms with E-state index in [1.54, 1.807) is 17.7 Å². The smallest absolute Gasteiger partial charge is 0.130 e. The highest BCUT2D eigenvalue weighted by Gasteiger charge is 2.16. The topological polar surface area (TPSA) is 49.8 Å². The van der Waals surface area contributed by atoms with Crippen molar-refractivity contribution < 1.29 is 0 Å². The molecule has 1 aliphatic heterocycles. The molecule has 0 amide bonds. The molecule has 3 heterocycles. The van der Waals surface area contributed by atoms with Gasteiger partial charge in [0.15, 0.2) is 0 Å². The van der Waals surface area contributed by atoms with Crippen molar-refractivity contribution in [3.8, 4) is 11.3 Å². The summed E-state index contributed by atoms with van der Waals surface area (Å²) in [5.74, 6) is 0.905. The average molecular weight is 232 g/mol. The van der Waals surface area contributed by atoms with Gasteiger partial charge < -0.3 is 10.6 Å². The van der Waals surface area contributed by atoms with Gasteiger partial charge in [-0.3, -0.25) is 0 Å². The number of rotatable bonds is 3. The van der Waals surface area contributed by atoms with Crippen LogP contribution in [-0.2, 0) is 0 Å². The number of thiophene rings is 1. The van der Waals surface area contributed by atoms with E-state index in [0.717, 1.165) is 30.2 Å². The van der Waals surface area contributed by atoms with Crippen molar-refractivity contribution in [1.82, 2.24) is 15.3 Å². The summed E-state index contributed by atoms with van der Waals surface area (Å²) in [4.78, 5) is 8.50. The van der Waals surface area contributed by atoms with Gasteiger partial charge in [-0.05, 0) is 11.4 Å². The second-order valence-electron chi connectivity index (χ2n) is 3.80. The fraction of sp³-hybridized carbons (Fsp3) is 0.273. The maximum atomic E-state index is 4.27. The van der Waals surface area contributed by atoms with E-state index in [2.05, 4.69) is 37.4 Å². The van der Waals surface area contributed by atoms with Gasteiger partial charge in [-0.2, -0.15) is 11.3 Å². The number of nitrogens with one attached hydrogen (secondary N) is 2. The molecule has 4 nitrogen and oxygen atoms in total. The summed E-state index contributed by atoms with van der Waals surface area (Å²) in [5, 5.41) is 10.7. The Kier molecular flexibility index (Phi) is 2.55. The lowest BCUT2D eigenvalue weighted by molar-refractivity contribution is 0.471. The first-order valence-corrected chi connectivity index (χ1v) is 6.18. The predicted octanol–water partition coefficient (Wildman–Crippen LogP) is 1.59. The molecule has 0 saturated carbocycles. The normalized spacial score (nSPS) is 15.8. The Morgan fingerprint density at radius 2 is 2.31 bits per heavy atom. The lowest BCUT2D eigenvalue weighted by Gasteiger charge is -2.28. The van der Waals surface area contributed by atoms with Gasteiger partial charge in [0.1, 0.15) is 12.1 Å². The van der Waals surface area contributed by atoms with E-state index in [1.807, 2.05) is 6.07 Å². The summed E-state index contributed by atoms with van der Waals surface area (Å²) in [6.45, 7) is 2.02. The molecule has 0 aromatic carbocycles. The predicted molar refractivity (Wildman–Crippen MR) is 65.6 cm³/mol. The number of hydrogen-bond donors (Lipinski definition) is 2. The maximum Gasteiger partial charge on any atom is 0.130 e. The molecular weight excluding hydrogens is 220 g/mol.